The van der Waals surface area contributed by atoms with Crippen molar-refractivity contribution in [2.24, 2.45) is 5.92 Å². The van der Waals surface area contributed by atoms with E-state index in [0.717, 1.165) is 5.56 Å². The SMILES string of the molecule is Cc1cc(N)c(C)c(S(=O)(=O)N(CCC#N)CC(C)C)c1. The molecule has 1 aromatic carbocycles. The monoisotopic (exact) mass is 309 g/mol. The number of sulfonamides is 1. The maximum absolute atomic E-state index is 12.9. The molecule has 0 atom stereocenters. The molecule has 1 rings (SSSR count). The highest BCUT2D eigenvalue weighted by atomic mass is 32.2. The quantitative estimate of drug-likeness (QED) is 0.818. The molecule has 0 aliphatic rings. The first-order valence-corrected chi connectivity index (χ1v) is 8.38. The van der Waals surface area contributed by atoms with Crippen molar-refractivity contribution in [2.75, 3.05) is 18.8 Å². The lowest BCUT2D eigenvalue weighted by molar-refractivity contribution is 0.372. The number of anilines is 1. The summed E-state index contributed by atoms with van der Waals surface area (Å²) in [4.78, 5) is 0.235. The van der Waals surface area contributed by atoms with Gasteiger partial charge in [-0.3, -0.25) is 0 Å². The maximum atomic E-state index is 12.9. The Labute approximate surface area is 127 Å². The molecule has 21 heavy (non-hydrogen) atoms. The molecule has 116 valence electrons. The molecule has 2 N–H and O–H groups in total. The summed E-state index contributed by atoms with van der Waals surface area (Å²) < 4.78 is 27.1. The molecule has 0 saturated carbocycles. The molecular weight excluding hydrogens is 286 g/mol. The number of hydrogen-bond acceptors (Lipinski definition) is 4. The van der Waals surface area contributed by atoms with Gasteiger partial charge in [-0.2, -0.15) is 9.57 Å². The van der Waals surface area contributed by atoms with Crippen LogP contribution in [0, 0.1) is 31.1 Å². The lowest BCUT2D eigenvalue weighted by Gasteiger charge is -2.24. The summed E-state index contributed by atoms with van der Waals surface area (Å²) in [7, 11) is -3.64. The number of benzene rings is 1. The summed E-state index contributed by atoms with van der Waals surface area (Å²) >= 11 is 0. The van der Waals surface area contributed by atoms with E-state index in [0.29, 0.717) is 17.8 Å². The zero-order valence-electron chi connectivity index (χ0n) is 13.0. The topological polar surface area (TPSA) is 87.2 Å². The van der Waals surface area contributed by atoms with Gasteiger partial charge in [0.05, 0.1) is 11.0 Å². The van der Waals surface area contributed by atoms with Crippen LogP contribution in [-0.2, 0) is 10.0 Å². The summed E-state index contributed by atoms with van der Waals surface area (Å²) in [5.41, 5.74) is 7.72. The van der Waals surface area contributed by atoms with Crippen LogP contribution in [-0.4, -0.2) is 25.8 Å². The molecule has 0 fully saturated rings. The number of hydrogen-bond donors (Lipinski definition) is 1. The van der Waals surface area contributed by atoms with Crippen molar-refractivity contribution in [3.8, 4) is 6.07 Å². The van der Waals surface area contributed by atoms with Gasteiger partial charge in [0, 0.05) is 25.2 Å². The number of aryl methyl sites for hydroxylation is 1. The van der Waals surface area contributed by atoms with Crippen molar-refractivity contribution < 1.29 is 8.42 Å². The molecule has 6 heteroatoms. The third-order valence-corrected chi connectivity index (χ3v) is 5.20. The fraction of sp³-hybridized carbons (Fsp3) is 0.533. The number of nitrogens with two attached hydrogens (primary N) is 1. The van der Waals surface area contributed by atoms with Crippen molar-refractivity contribution in [3.05, 3.63) is 23.3 Å². The lowest BCUT2D eigenvalue weighted by Crippen LogP contribution is -2.35. The molecular formula is C15H23N3O2S. The minimum Gasteiger partial charge on any atom is -0.398 e. The molecule has 0 radical (unpaired) electrons. The Hall–Kier alpha value is -1.58. The van der Waals surface area contributed by atoms with E-state index in [4.69, 9.17) is 11.0 Å². The second kappa shape index (κ2) is 6.92. The molecule has 0 bridgehead atoms. The van der Waals surface area contributed by atoms with Crippen LogP contribution in [0.4, 0.5) is 5.69 Å². The summed E-state index contributed by atoms with van der Waals surface area (Å²) in [5.74, 6) is 0.181. The average molecular weight is 309 g/mol. The second-order valence-corrected chi connectivity index (χ2v) is 7.55. The summed E-state index contributed by atoms with van der Waals surface area (Å²) in [6.07, 6.45) is 0.173. The van der Waals surface area contributed by atoms with Gasteiger partial charge in [0.2, 0.25) is 10.0 Å². The number of nitrogens with zero attached hydrogens (tertiary/aromatic N) is 2. The van der Waals surface area contributed by atoms with Crippen LogP contribution in [0.3, 0.4) is 0 Å². The zero-order chi connectivity index (χ0) is 16.2. The first kappa shape index (κ1) is 17.5. The van der Waals surface area contributed by atoms with Crippen LogP contribution in [0.25, 0.3) is 0 Å². The Morgan fingerprint density at radius 2 is 1.95 bits per heavy atom. The largest absolute Gasteiger partial charge is 0.398 e. The van der Waals surface area contributed by atoms with E-state index in [1.165, 1.54) is 4.31 Å². The Morgan fingerprint density at radius 1 is 1.33 bits per heavy atom. The standard InChI is InChI=1S/C15H23N3O2S/c1-11(2)10-18(7-5-6-16)21(19,20)15-9-12(3)8-14(17)13(15)4/h8-9,11H,5,7,10,17H2,1-4H3. The van der Waals surface area contributed by atoms with E-state index >= 15 is 0 Å². The van der Waals surface area contributed by atoms with Crippen molar-refractivity contribution in [1.82, 2.24) is 4.31 Å². The lowest BCUT2D eigenvalue weighted by atomic mass is 10.1. The molecule has 0 aliphatic carbocycles. The predicted molar refractivity (Wildman–Crippen MR) is 84.2 cm³/mol. The molecule has 1 aromatic rings. The van der Waals surface area contributed by atoms with Crippen molar-refractivity contribution in [2.45, 2.75) is 39.0 Å². The van der Waals surface area contributed by atoms with E-state index in [-0.39, 0.29) is 23.8 Å². The third-order valence-electron chi connectivity index (χ3n) is 3.20. The molecule has 0 aliphatic heterocycles. The smallest absolute Gasteiger partial charge is 0.243 e. The second-order valence-electron chi connectivity index (χ2n) is 5.64. The van der Waals surface area contributed by atoms with E-state index in [1.807, 2.05) is 26.8 Å². The van der Waals surface area contributed by atoms with Gasteiger partial charge in [0.15, 0.2) is 0 Å². The molecule has 0 unspecified atom stereocenters. The Bertz CT molecular complexity index is 646. The zero-order valence-corrected chi connectivity index (χ0v) is 13.9. The van der Waals surface area contributed by atoms with Crippen LogP contribution in [0.2, 0.25) is 0 Å². The van der Waals surface area contributed by atoms with Crippen LogP contribution < -0.4 is 5.73 Å². The fourth-order valence-corrected chi connectivity index (χ4v) is 4.09. The van der Waals surface area contributed by atoms with Gasteiger partial charge in [-0.1, -0.05) is 13.8 Å². The highest BCUT2D eigenvalue weighted by Gasteiger charge is 2.27. The summed E-state index contributed by atoms with van der Waals surface area (Å²) in [6, 6.07) is 5.40. The van der Waals surface area contributed by atoms with Crippen molar-refractivity contribution in [3.63, 3.8) is 0 Å². The minimum atomic E-state index is -3.64. The van der Waals surface area contributed by atoms with Gasteiger partial charge < -0.3 is 5.73 Å². The van der Waals surface area contributed by atoms with Crippen LogP contribution in [0.1, 0.15) is 31.4 Å². The van der Waals surface area contributed by atoms with E-state index in [9.17, 15) is 8.42 Å². The Kier molecular flexibility index (Phi) is 5.76. The van der Waals surface area contributed by atoms with Crippen LogP contribution in [0.5, 0.6) is 0 Å². The van der Waals surface area contributed by atoms with Crippen LogP contribution in [0.15, 0.2) is 17.0 Å². The van der Waals surface area contributed by atoms with Gasteiger partial charge >= 0.3 is 0 Å². The highest BCUT2D eigenvalue weighted by molar-refractivity contribution is 7.89. The normalized spacial score (nSPS) is 11.9. The molecule has 0 saturated heterocycles. The van der Waals surface area contributed by atoms with Gasteiger partial charge in [0.1, 0.15) is 0 Å². The molecule has 0 amide bonds. The minimum absolute atomic E-state index is 0.173. The number of rotatable bonds is 6. The molecule has 0 spiro atoms. The van der Waals surface area contributed by atoms with E-state index in [2.05, 4.69) is 0 Å². The van der Waals surface area contributed by atoms with Gasteiger partial charge in [-0.05, 0) is 43.0 Å². The first-order valence-electron chi connectivity index (χ1n) is 6.94. The van der Waals surface area contributed by atoms with Crippen molar-refractivity contribution >= 4 is 15.7 Å². The maximum Gasteiger partial charge on any atom is 0.243 e. The summed E-state index contributed by atoms with van der Waals surface area (Å²) in [6.45, 7) is 8.01. The Balaban J connectivity index is 3.32. The van der Waals surface area contributed by atoms with Crippen LogP contribution >= 0.6 is 0 Å². The summed E-state index contributed by atoms with van der Waals surface area (Å²) in [5, 5.41) is 8.74. The molecule has 0 heterocycles. The molecule has 5 nitrogen and oxygen atoms in total. The van der Waals surface area contributed by atoms with E-state index < -0.39 is 10.0 Å². The van der Waals surface area contributed by atoms with Gasteiger partial charge in [-0.15, -0.1) is 0 Å². The number of nitriles is 1. The Morgan fingerprint density at radius 3 is 2.48 bits per heavy atom. The van der Waals surface area contributed by atoms with Gasteiger partial charge in [0.25, 0.3) is 0 Å². The first-order chi connectivity index (χ1) is 9.70. The van der Waals surface area contributed by atoms with Crippen molar-refractivity contribution in [1.29, 1.82) is 5.26 Å². The number of nitrogen functional groups attached to an aromatic ring is 1. The van der Waals surface area contributed by atoms with E-state index in [1.54, 1.807) is 19.1 Å². The fourth-order valence-electron chi connectivity index (χ4n) is 2.15. The average Bonchev–Trinajstić information content (AvgIpc) is 2.38. The highest BCUT2D eigenvalue weighted by Crippen LogP contribution is 2.26. The predicted octanol–water partition coefficient (Wildman–Crippen LogP) is 2.45. The third kappa shape index (κ3) is 4.19. The van der Waals surface area contributed by atoms with Gasteiger partial charge in [-0.25, -0.2) is 8.42 Å². The molecule has 0 aromatic heterocycles.